The van der Waals surface area contributed by atoms with Crippen molar-refractivity contribution < 1.29 is 9.53 Å². The Morgan fingerprint density at radius 2 is 2.07 bits per heavy atom. The lowest BCUT2D eigenvalue weighted by atomic mass is 9.49. The van der Waals surface area contributed by atoms with Crippen LogP contribution in [0.25, 0.3) is 0 Å². The molecule has 0 spiro atoms. The van der Waals surface area contributed by atoms with Gasteiger partial charge < -0.3 is 15.0 Å². The topological polar surface area (TPSA) is 102 Å². The molecule has 1 saturated heterocycles. The fourth-order valence-corrected chi connectivity index (χ4v) is 6.35. The largest absolute Gasteiger partial charge is 0.446 e. The average molecular weight is 391 g/mol. The predicted octanol–water partition coefficient (Wildman–Crippen LogP) is 3.29. The first kappa shape index (κ1) is 18.2. The van der Waals surface area contributed by atoms with Gasteiger partial charge in [0.25, 0.3) is 0 Å². The zero-order valence-electron chi connectivity index (χ0n) is 16.4. The van der Waals surface area contributed by atoms with Gasteiger partial charge in [-0.1, -0.05) is 0 Å². The molecule has 0 radical (unpaired) electrons. The van der Waals surface area contributed by atoms with Crippen LogP contribution in [0.1, 0.15) is 44.1 Å². The highest BCUT2D eigenvalue weighted by atomic mass is 16.6. The number of likely N-dealkylation sites (tertiary alicyclic amines) is 1. The van der Waals surface area contributed by atoms with Gasteiger partial charge in [-0.2, -0.15) is 10.5 Å². The average Bonchev–Trinajstić information content (AvgIpc) is 3.19. The van der Waals surface area contributed by atoms with E-state index in [9.17, 15) is 15.3 Å². The van der Waals surface area contributed by atoms with Gasteiger partial charge in [0, 0.05) is 25.3 Å². The molecule has 4 saturated carbocycles. The number of nitriles is 2. The normalized spacial score (nSPS) is 37.0. The number of anilines is 1. The van der Waals surface area contributed by atoms with Crippen LogP contribution in [0, 0.1) is 45.8 Å². The van der Waals surface area contributed by atoms with E-state index in [0.717, 1.165) is 38.5 Å². The fraction of sp³-hybridized carbons (Fsp3) is 0.636. The number of hydrogen-bond donors (Lipinski definition) is 1. The van der Waals surface area contributed by atoms with Gasteiger partial charge in [-0.3, -0.25) is 0 Å². The van der Waals surface area contributed by atoms with Crippen molar-refractivity contribution in [1.82, 2.24) is 9.88 Å². The lowest BCUT2D eigenvalue weighted by Crippen LogP contribution is -2.55. The van der Waals surface area contributed by atoms with Crippen LogP contribution < -0.4 is 5.32 Å². The number of carbonyl (C=O) groups is 1. The molecular formula is C22H25N5O2. The van der Waals surface area contributed by atoms with Crippen molar-refractivity contribution in [1.29, 1.82) is 10.5 Å². The zero-order valence-corrected chi connectivity index (χ0v) is 16.4. The third-order valence-electron chi connectivity index (χ3n) is 7.38. The van der Waals surface area contributed by atoms with Gasteiger partial charge in [0.05, 0.1) is 17.0 Å². The molecule has 5 aliphatic rings. The third-order valence-corrected chi connectivity index (χ3v) is 7.38. The molecule has 5 fully saturated rings. The summed E-state index contributed by atoms with van der Waals surface area (Å²) in [5, 5.41) is 22.2. The molecule has 6 atom stereocenters. The molecule has 1 aliphatic heterocycles. The van der Waals surface area contributed by atoms with Crippen LogP contribution in [-0.2, 0) is 4.74 Å². The molecule has 3 unspecified atom stereocenters. The number of nitrogens with zero attached hydrogens (tertiary/aromatic N) is 4. The molecule has 4 bridgehead atoms. The second-order valence-corrected chi connectivity index (χ2v) is 9.30. The second-order valence-electron chi connectivity index (χ2n) is 9.30. The van der Waals surface area contributed by atoms with Gasteiger partial charge in [-0.25, -0.2) is 9.78 Å². The number of pyridine rings is 1. The smallest absolute Gasteiger partial charge is 0.410 e. The Bertz CT molecular complexity index is 887. The minimum absolute atomic E-state index is 0.0338. The predicted molar refractivity (Wildman–Crippen MR) is 104 cm³/mol. The van der Waals surface area contributed by atoms with Crippen molar-refractivity contribution in [2.45, 2.75) is 50.7 Å². The zero-order chi connectivity index (χ0) is 20.0. The van der Waals surface area contributed by atoms with E-state index in [1.807, 2.05) is 0 Å². The minimum atomic E-state index is -0.237. The van der Waals surface area contributed by atoms with Crippen molar-refractivity contribution in [3.8, 4) is 12.1 Å². The van der Waals surface area contributed by atoms with E-state index >= 15 is 0 Å². The number of amides is 1. The fourth-order valence-electron chi connectivity index (χ4n) is 6.35. The summed E-state index contributed by atoms with van der Waals surface area (Å²) in [6.07, 6.45) is 7.18. The summed E-state index contributed by atoms with van der Waals surface area (Å²) in [5.41, 5.74) is 0.344. The summed E-state index contributed by atoms with van der Waals surface area (Å²) in [6.45, 7) is 1.19. The molecular weight excluding hydrogens is 366 g/mol. The van der Waals surface area contributed by atoms with E-state index in [-0.39, 0.29) is 23.7 Å². The minimum Gasteiger partial charge on any atom is -0.446 e. The number of rotatable bonds is 3. The molecule has 6 rings (SSSR count). The lowest BCUT2D eigenvalue weighted by molar-refractivity contribution is -0.121. The summed E-state index contributed by atoms with van der Waals surface area (Å²) in [6, 6.07) is 8.26. The Labute approximate surface area is 170 Å². The van der Waals surface area contributed by atoms with E-state index in [0.29, 0.717) is 42.2 Å². The molecule has 29 heavy (non-hydrogen) atoms. The van der Waals surface area contributed by atoms with Gasteiger partial charge in [0.1, 0.15) is 18.0 Å². The van der Waals surface area contributed by atoms with Crippen LogP contribution in [0.2, 0.25) is 0 Å². The Balaban J connectivity index is 1.20. The van der Waals surface area contributed by atoms with Gasteiger partial charge in [0.15, 0.2) is 0 Å². The van der Waals surface area contributed by atoms with Crippen LogP contribution in [0.4, 0.5) is 10.6 Å². The summed E-state index contributed by atoms with van der Waals surface area (Å²) < 4.78 is 6.03. The standard InChI is InChI=1S/C22H25N5O2/c23-11-15-2-1-4-25-20(15)26-18-3-5-27(12-18)21(28)29-19-16-6-14-7-17(19)10-22(8-14,9-16)13-24/h1-2,4,14,16-19H,3,5-10,12H2,(H,25,26)/t14?,16-,17?,18+,19?,22-/m0/s1. The molecule has 1 amide bonds. The number of hydrogen-bond acceptors (Lipinski definition) is 6. The van der Waals surface area contributed by atoms with Gasteiger partial charge in [0.2, 0.25) is 0 Å². The van der Waals surface area contributed by atoms with Crippen molar-refractivity contribution in [2.75, 3.05) is 18.4 Å². The molecule has 7 heteroatoms. The SMILES string of the molecule is N#Cc1cccnc1N[C@@H]1CCN(C(=O)OC2C3CC4C[C@H]2C[C@@](C#N)(C4)C3)C1. The van der Waals surface area contributed by atoms with Crippen LogP contribution in [-0.4, -0.2) is 41.2 Å². The Morgan fingerprint density at radius 1 is 1.28 bits per heavy atom. The molecule has 1 N–H and O–H groups in total. The van der Waals surface area contributed by atoms with E-state index in [4.69, 9.17) is 4.74 Å². The van der Waals surface area contributed by atoms with Crippen molar-refractivity contribution >= 4 is 11.9 Å². The summed E-state index contributed by atoms with van der Waals surface area (Å²) in [7, 11) is 0. The number of ether oxygens (including phenoxy) is 1. The first-order valence-electron chi connectivity index (χ1n) is 10.6. The lowest BCUT2D eigenvalue weighted by Gasteiger charge is -2.56. The van der Waals surface area contributed by atoms with Crippen LogP contribution in [0.3, 0.4) is 0 Å². The highest BCUT2D eigenvalue weighted by Crippen LogP contribution is 2.60. The summed E-state index contributed by atoms with van der Waals surface area (Å²) in [5.74, 6) is 1.88. The maximum absolute atomic E-state index is 12.9. The quantitative estimate of drug-likeness (QED) is 0.848. The highest BCUT2D eigenvalue weighted by molar-refractivity contribution is 5.68. The Hall–Kier alpha value is -2.80. The highest BCUT2D eigenvalue weighted by Gasteiger charge is 2.57. The molecule has 0 aromatic carbocycles. The number of carbonyl (C=O) groups excluding carboxylic acids is 1. The van der Waals surface area contributed by atoms with Crippen LogP contribution >= 0.6 is 0 Å². The molecule has 1 aromatic rings. The Kier molecular flexibility index (Phi) is 4.35. The van der Waals surface area contributed by atoms with Crippen LogP contribution in [0.15, 0.2) is 18.3 Å². The number of nitrogens with one attached hydrogen (secondary N) is 1. The molecule has 4 aliphatic carbocycles. The molecule has 1 aromatic heterocycles. The van der Waals surface area contributed by atoms with E-state index < -0.39 is 0 Å². The maximum atomic E-state index is 12.9. The van der Waals surface area contributed by atoms with Crippen LogP contribution in [0.5, 0.6) is 0 Å². The molecule has 7 nitrogen and oxygen atoms in total. The summed E-state index contributed by atoms with van der Waals surface area (Å²) in [4.78, 5) is 18.9. The maximum Gasteiger partial charge on any atom is 0.410 e. The monoisotopic (exact) mass is 391 g/mol. The van der Waals surface area contributed by atoms with E-state index in [2.05, 4.69) is 22.4 Å². The first-order chi connectivity index (χ1) is 14.1. The second kappa shape index (κ2) is 6.91. The number of aromatic nitrogens is 1. The third kappa shape index (κ3) is 3.19. The molecule has 2 heterocycles. The van der Waals surface area contributed by atoms with Crippen molar-refractivity contribution in [3.05, 3.63) is 23.9 Å². The summed E-state index contributed by atoms with van der Waals surface area (Å²) >= 11 is 0. The van der Waals surface area contributed by atoms with Gasteiger partial charge in [-0.05, 0) is 68.4 Å². The van der Waals surface area contributed by atoms with Crippen molar-refractivity contribution in [3.63, 3.8) is 0 Å². The Morgan fingerprint density at radius 3 is 2.79 bits per heavy atom. The molecule has 150 valence electrons. The first-order valence-corrected chi connectivity index (χ1v) is 10.6. The van der Waals surface area contributed by atoms with Gasteiger partial charge in [-0.15, -0.1) is 0 Å². The van der Waals surface area contributed by atoms with E-state index in [1.54, 1.807) is 23.2 Å². The van der Waals surface area contributed by atoms with E-state index in [1.165, 1.54) is 0 Å². The van der Waals surface area contributed by atoms with Crippen molar-refractivity contribution in [2.24, 2.45) is 23.2 Å². The van der Waals surface area contributed by atoms with Gasteiger partial charge >= 0.3 is 6.09 Å².